The summed E-state index contributed by atoms with van der Waals surface area (Å²) in [5.74, 6) is -1.41. The number of carbonyl (C=O) groups is 2. The first-order chi connectivity index (χ1) is 8.29. The lowest BCUT2D eigenvalue weighted by Gasteiger charge is -2.21. The van der Waals surface area contributed by atoms with Gasteiger partial charge in [0.25, 0.3) is 0 Å². The van der Waals surface area contributed by atoms with E-state index in [4.69, 9.17) is 9.84 Å². The molecule has 2 atom stereocenters. The molecular formula is C12H18O6. The molecule has 0 aromatic carbocycles. The van der Waals surface area contributed by atoms with Crippen molar-refractivity contribution in [1.29, 1.82) is 0 Å². The minimum absolute atomic E-state index is 0.139. The minimum Gasteiger partial charge on any atom is -0.459 e. The van der Waals surface area contributed by atoms with Crippen molar-refractivity contribution in [3.05, 3.63) is 24.3 Å². The first-order valence-corrected chi connectivity index (χ1v) is 5.27. The fourth-order valence-corrected chi connectivity index (χ4v) is 0.867. The maximum Gasteiger partial charge on any atom is 0.333 e. The van der Waals surface area contributed by atoms with Gasteiger partial charge < -0.3 is 19.7 Å². The Bertz CT molecular complexity index is 346. The molecule has 0 spiro atoms. The highest BCUT2D eigenvalue weighted by Crippen LogP contribution is 2.05. The van der Waals surface area contributed by atoms with Crippen LogP contribution >= 0.6 is 0 Å². The molecule has 0 aromatic heterocycles. The van der Waals surface area contributed by atoms with Gasteiger partial charge in [-0.2, -0.15) is 0 Å². The third-order valence-electron chi connectivity index (χ3n) is 1.95. The molecule has 0 aliphatic heterocycles. The molecule has 0 aliphatic carbocycles. The molecule has 6 nitrogen and oxygen atoms in total. The first kappa shape index (κ1) is 16.3. The monoisotopic (exact) mass is 258 g/mol. The van der Waals surface area contributed by atoms with Gasteiger partial charge in [0.2, 0.25) is 0 Å². The zero-order valence-corrected chi connectivity index (χ0v) is 10.5. The van der Waals surface area contributed by atoms with Crippen molar-refractivity contribution in [2.24, 2.45) is 0 Å². The van der Waals surface area contributed by atoms with E-state index in [2.05, 4.69) is 17.9 Å². The second-order valence-corrected chi connectivity index (χ2v) is 3.85. The van der Waals surface area contributed by atoms with Crippen LogP contribution in [0.5, 0.6) is 0 Å². The van der Waals surface area contributed by atoms with Crippen molar-refractivity contribution >= 4 is 11.9 Å². The summed E-state index contributed by atoms with van der Waals surface area (Å²) in [4.78, 5) is 22.3. The predicted molar refractivity (Wildman–Crippen MR) is 63.6 cm³/mol. The van der Waals surface area contributed by atoms with E-state index in [0.717, 1.165) is 0 Å². The number of carbonyl (C=O) groups excluding carboxylic acids is 2. The summed E-state index contributed by atoms with van der Waals surface area (Å²) in [6.07, 6.45) is -2.49. The summed E-state index contributed by atoms with van der Waals surface area (Å²) in [6, 6.07) is 0. The topological polar surface area (TPSA) is 93.1 Å². The van der Waals surface area contributed by atoms with Crippen LogP contribution in [0.1, 0.15) is 13.8 Å². The molecule has 0 aromatic rings. The van der Waals surface area contributed by atoms with Crippen LogP contribution in [0.25, 0.3) is 0 Å². The Morgan fingerprint density at radius 2 is 1.67 bits per heavy atom. The normalized spacial score (nSPS) is 13.3. The fourth-order valence-electron chi connectivity index (χ4n) is 0.867. The van der Waals surface area contributed by atoms with E-state index >= 15 is 0 Å². The summed E-state index contributed by atoms with van der Waals surface area (Å²) >= 11 is 0. The maximum absolute atomic E-state index is 11.2. The Labute approximate surface area is 106 Å². The largest absolute Gasteiger partial charge is 0.459 e. The molecule has 2 N–H and O–H groups in total. The molecule has 0 radical (unpaired) electrons. The minimum atomic E-state index is -1.32. The number of hydrogen-bond acceptors (Lipinski definition) is 6. The van der Waals surface area contributed by atoms with Crippen LogP contribution < -0.4 is 0 Å². The van der Waals surface area contributed by atoms with Gasteiger partial charge in [-0.3, -0.25) is 0 Å². The van der Waals surface area contributed by atoms with Crippen molar-refractivity contribution in [3.63, 3.8) is 0 Å². The fraction of sp³-hybridized carbons (Fsp3) is 0.500. The molecule has 0 amide bonds. The van der Waals surface area contributed by atoms with Crippen LogP contribution in [0.15, 0.2) is 24.3 Å². The number of aliphatic hydroxyl groups is 2. The number of aliphatic hydroxyl groups excluding tert-OH is 2. The Balaban J connectivity index is 4.31. The van der Waals surface area contributed by atoms with Crippen molar-refractivity contribution in [2.45, 2.75) is 26.1 Å². The summed E-state index contributed by atoms with van der Waals surface area (Å²) in [5.41, 5.74) is 0.321. The van der Waals surface area contributed by atoms with E-state index < -0.39 is 37.4 Å². The summed E-state index contributed by atoms with van der Waals surface area (Å²) < 4.78 is 9.44. The zero-order chi connectivity index (χ0) is 14.3. The van der Waals surface area contributed by atoms with Gasteiger partial charge in [0, 0.05) is 11.1 Å². The molecule has 0 heterocycles. The molecule has 0 aliphatic rings. The van der Waals surface area contributed by atoms with Crippen LogP contribution in [0.2, 0.25) is 0 Å². The molecule has 0 bridgehead atoms. The average molecular weight is 258 g/mol. The van der Waals surface area contributed by atoms with E-state index in [9.17, 15) is 14.7 Å². The van der Waals surface area contributed by atoms with Gasteiger partial charge in [-0.05, 0) is 13.8 Å². The van der Waals surface area contributed by atoms with Gasteiger partial charge in [0.1, 0.15) is 12.7 Å². The van der Waals surface area contributed by atoms with Gasteiger partial charge in [0.05, 0.1) is 6.61 Å². The van der Waals surface area contributed by atoms with Gasteiger partial charge in [-0.1, -0.05) is 13.2 Å². The van der Waals surface area contributed by atoms with E-state index in [-0.39, 0.29) is 11.1 Å². The van der Waals surface area contributed by atoms with E-state index in [0.29, 0.717) is 0 Å². The van der Waals surface area contributed by atoms with Crippen LogP contribution in [-0.2, 0) is 19.1 Å². The average Bonchev–Trinajstić information content (AvgIpc) is 2.31. The molecule has 6 heteroatoms. The van der Waals surface area contributed by atoms with Gasteiger partial charge in [-0.15, -0.1) is 0 Å². The lowest BCUT2D eigenvalue weighted by molar-refractivity contribution is -0.159. The molecule has 18 heavy (non-hydrogen) atoms. The van der Waals surface area contributed by atoms with Gasteiger partial charge in [-0.25, -0.2) is 9.59 Å². The maximum atomic E-state index is 11.2. The van der Waals surface area contributed by atoms with E-state index in [1.807, 2.05) is 0 Å². The highest BCUT2D eigenvalue weighted by atomic mass is 16.6. The van der Waals surface area contributed by atoms with Gasteiger partial charge >= 0.3 is 11.9 Å². The quantitative estimate of drug-likeness (QED) is 0.491. The van der Waals surface area contributed by atoms with Crippen molar-refractivity contribution in [3.8, 4) is 0 Å². The smallest absolute Gasteiger partial charge is 0.333 e. The molecule has 0 fully saturated rings. The zero-order valence-electron chi connectivity index (χ0n) is 10.5. The number of ether oxygens (including phenoxy) is 2. The number of esters is 2. The molecular weight excluding hydrogens is 240 g/mol. The van der Waals surface area contributed by atoms with Crippen molar-refractivity contribution < 1.29 is 29.3 Å². The van der Waals surface area contributed by atoms with Crippen LogP contribution in [-0.4, -0.2) is 47.6 Å². The molecule has 2 unspecified atom stereocenters. The second-order valence-electron chi connectivity index (χ2n) is 3.85. The highest BCUT2D eigenvalue weighted by molar-refractivity contribution is 5.87. The van der Waals surface area contributed by atoms with Crippen molar-refractivity contribution in [1.82, 2.24) is 0 Å². The van der Waals surface area contributed by atoms with E-state index in [1.54, 1.807) is 0 Å². The van der Waals surface area contributed by atoms with E-state index in [1.165, 1.54) is 13.8 Å². The number of rotatable bonds is 7. The molecule has 0 rings (SSSR count). The SMILES string of the molecule is C=C(C)C(=O)OCC(O)C(CO)OC(=O)C(=C)C. The molecule has 0 saturated carbocycles. The molecule has 102 valence electrons. The summed E-state index contributed by atoms with van der Waals surface area (Å²) in [5, 5.41) is 18.6. The standard InChI is InChI=1S/C12H18O6/c1-7(2)11(15)17-6-9(14)10(5-13)18-12(16)8(3)4/h9-10,13-14H,1,3,5-6H2,2,4H3. The Hall–Kier alpha value is -1.66. The highest BCUT2D eigenvalue weighted by Gasteiger charge is 2.24. The number of hydrogen-bond donors (Lipinski definition) is 2. The first-order valence-electron chi connectivity index (χ1n) is 5.27. The summed E-state index contributed by atoms with van der Waals surface area (Å²) in [6.45, 7) is 8.63. The Morgan fingerprint density at radius 1 is 1.17 bits per heavy atom. The Morgan fingerprint density at radius 3 is 2.06 bits per heavy atom. The lowest BCUT2D eigenvalue weighted by atomic mass is 10.2. The van der Waals surface area contributed by atoms with Crippen LogP contribution in [0, 0.1) is 0 Å². The Kier molecular flexibility index (Phi) is 6.92. The van der Waals surface area contributed by atoms with Crippen LogP contribution in [0.4, 0.5) is 0 Å². The summed E-state index contributed by atoms with van der Waals surface area (Å²) in [7, 11) is 0. The van der Waals surface area contributed by atoms with Gasteiger partial charge in [0.15, 0.2) is 6.10 Å². The molecule has 0 saturated heterocycles. The van der Waals surface area contributed by atoms with Crippen LogP contribution in [0.3, 0.4) is 0 Å². The second kappa shape index (κ2) is 7.62. The van der Waals surface area contributed by atoms with Crippen molar-refractivity contribution in [2.75, 3.05) is 13.2 Å². The lowest BCUT2D eigenvalue weighted by Crippen LogP contribution is -2.38. The predicted octanol–water partition coefficient (Wildman–Crippen LogP) is -0.0532. The third-order valence-corrected chi connectivity index (χ3v) is 1.95. The third kappa shape index (κ3) is 5.60.